The molecule has 0 saturated carbocycles. The molecular formula is C65H41N5. The van der Waals surface area contributed by atoms with E-state index in [2.05, 4.69) is 214 Å². The smallest absolute Gasteiger partial charge is 0.140 e. The van der Waals surface area contributed by atoms with Crippen LogP contribution in [-0.4, -0.2) is 23.3 Å². The number of benzene rings is 10. The Morgan fingerprint density at radius 1 is 0.314 bits per heavy atom. The number of nitrogens with zero attached hydrogens (tertiary/aromatic N) is 5. The van der Waals surface area contributed by atoms with Gasteiger partial charge in [-0.1, -0.05) is 170 Å². The van der Waals surface area contributed by atoms with Gasteiger partial charge in [0.1, 0.15) is 5.82 Å². The van der Waals surface area contributed by atoms with Gasteiger partial charge in [-0.25, -0.2) is 4.98 Å². The van der Waals surface area contributed by atoms with Crippen molar-refractivity contribution in [2.24, 2.45) is 0 Å². The lowest BCUT2D eigenvalue weighted by molar-refractivity contribution is 1.06. The highest BCUT2D eigenvalue weighted by atomic mass is 15.1. The minimum absolute atomic E-state index is 0.0862. The highest BCUT2D eigenvalue weighted by Crippen LogP contribution is 2.44. The Balaban J connectivity index is 1.10. The van der Waals surface area contributed by atoms with E-state index in [1.54, 1.807) is 0 Å². The average molecular weight is 896 g/mol. The molecule has 0 unspecified atom stereocenters. The minimum Gasteiger partial charge on any atom is -0.309 e. The molecule has 5 heteroatoms. The predicted molar refractivity (Wildman–Crippen MR) is 292 cm³/mol. The fraction of sp³-hybridized carbons (Fsp3) is 0. The van der Waals surface area contributed by atoms with Crippen LogP contribution in [0.15, 0.2) is 249 Å². The van der Waals surface area contributed by atoms with Crippen LogP contribution in [0, 0.1) is 0 Å². The number of hydrogen-bond acceptors (Lipinski definition) is 1. The Kier molecular flexibility index (Phi) is 7.47. The van der Waals surface area contributed by atoms with E-state index in [4.69, 9.17) is 7.73 Å². The second kappa shape index (κ2) is 15.0. The highest BCUT2D eigenvalue weighted by molar-refractivity contribution is 6.13. The maximum absolute atomic E-state index is 9.53. The van der Waals surface area contributed by atoms with Gasteiger partial charge in [0.05, 0.1) is 66.7 Å². The van der Waals surface area contributed by atoms with E-state index < -0.39 is 0 Å². The summed E-state index contributed by atoms with van der Waals surface area (Å²) in [5.74, 6) is 0.512. The van der Waals surface area contributed by atoms with Crippen molar-refractivity contribution in [3.8, 4) is 45.3 Å². The maximum atomic E-state index is 9.53. The van der Waals surface area contributed by atoms with Crippen molar-refractivity contribution in [2.45, 2.75) is 0 Å². The number of fused-ring (bicyclic) bond motifs is 12. The molecule has 5 heterocycles. The van der Waals surface area contributed by atoms with Crippen LogP contribution in [0.3, 0.4) is 0 Å². The van der Waals surface area contributed by atoms with Gasteiger partial charge < -0.3 is 13.7 Å². The number of aromatic nitrogens is 5. The second-order valence-corrected chi connectivity index (χ2v) is 18.0. The Bertz CT molecular complexity index is 4700. The van der Waals surface area contributed by atoms with Gasteiger partial charge in [-0.15, -0.1) is 0 Å². The van der Waals surface area contributed by atoms with Gasteiger partial charge in [-0.3, -0.25) is 4.57 Å². The largest absolute Gasteiger partial charge is 0.309 e. The first-order valence-electron chi connectivity index (χ1n) is 25.6. The standard InChI is InChI=1S/C65H41N5/c1-9-30-55-46(21-1)47-22-2-10-31-56(47)67(55)43-20-17-19-42(39-43)45-29-18-38-63(69-59-34-13-5-25-50(59)51-26-6-14-35-60(51)69)65(45)54-40-44(68-57-32-11-3-23-48(57)49-24-4-12-33-58(49)68)41-64(66-54)70-61-36-15-7-27-52(61)53-28-8-16-37-62(53)70/h1-41H/i7D,15D,27D,36D. The number of hydrogen-bond donors (Lipinski definition) is 0. The molecule has 0 amide bonds. The molecule has 0 fully saturated rings. The average Bonchev–Trinajstić information content (AvgIpc) is 4.20. The van der Waals surface area contributed by atoms with Crippen LogP contribution in [0.5, 0.6) is 0 Å². The summed E-state index contributed by atoms with van der Waals surface area (Å²) in [5.41, 5.74) is 13.8. The van der Waals surface area contributed by atoms with Crippen molar-refractivity contribution in [2.75, 3.05) is 0 Å². The monoisotopic (exact) mass is 895 g/mol. The molecule has 5 nitrogen and oxygen atoms in total. The van der Waals surface area contributed by atoms with Gasteiger partial charge in [0.15, 0.2) is 0 Å². The zero-order valence-corrected chi connectivity index (χ0v) is 37.6. The maximum Gasteiger partial charge on any atom is 0.140 e. The van der Waals surface area contributed by atoms with Gasteiger partial charge in [-0.05, 0) is 83.9 Å². The predicted octanol–water partition coefficient (Wildman–Crippen LogP) is 16.8. The van der Waals surface area contributed by atoms with Crippen LogP contribution in [0.2, 0.25) is 0 Å². The molecular weight excluding hydrogens is 851 g/mol. The fourth-order valence-corrected chi connectivity index (χ4v) is 11.4. The lowest BCUT2D eigenvalue weighted by Crippen LogP contribution is -2.06. The van der Waals surface area contributed by atoms with Gasteiger partial charge in [0.2, 0.25) is 0 Å². The quantitative estimate of drug-likeness (QED) is 0.164. The van der Waals surface area contributed by atoms with E-state index in [0.29, 0.717) is 27.8 Å². The highest BCUT2D eigenvalue weighted by Gasteiger charge is 2.24. The van der Waals surface area contributed by atoms with Crippen LogP contribution in [0.1, 0.15) is 5.48 Å². The summed E-state index contributed by atoms with van der Waals surface area (Å²) in [6, 6.07) is 77.9. The topological polar surface area (TPSA) is 32.6 Å². The van der Waals surface area contributed by atoms with Crippen molar-refractivity contribution in [1.29, 1.82) is 0 Å². The summed E-state index contributed by atoms with van der Waals surface area (Å²) in [7, 11) is 0. The van der Waals surface area contributed by atoms with Gasteiger partial charge in [-0.2, -0.15) is 0 Å². The van der Waals surface area contributed by atoms with E-state index in [0.717, 1.165) is 93.9 Å². The van der Waals surface area contributed by atoms with Crippen molar-refractivity contribution in [3.05, 3.63) is 249 Å². The molecule has 326 valence electrons. The van der Waals surface area contributed by atoms with Crippen LogP contribution in [0.4, 0.5) is 0 Å². The summed E-state index contributed by atoms with van der Waals surface area (Å²) >= 11 is 0. The van der Waals surface area contributed by atoms with Gasteiger partial charge in [0.25, 0.3) is 0 Å². The van der Waals surface area contributed by atoms with E-state index in [-0.39, 0.29) is 24.2 Å². The first kappa shape index (κ1) is 34.8. The molecule has 10 aromatic carbocycles. The zero-order valence-electron chi connectivity index (χ0n) is 41.6. The summed E-state index contributed by atoms with van der Waals surface area (Å²) in [4.78, 5) is 5.79. The molecule has 70 heavy (non-hydrogen) atoms. The Labute approximate surface area is 408 Å². The molecule has 15 rings (SSSR count). The fourth-order valence-electron chi connectivity index (χ4n) is 11.4. The summed E-state index contributed by atoms with van der Waals surface area (Å²) in [6.45, 7) is 0. The van der Waals surface area contributed by atoms with Crippen LogP contribution in [0.25, 0.3) is 132 Å². The van der Waals surface area contributed by atoms with Crippen LogP contribution >= 0.6 is 0 Å². The summed E-state index contributed by atoms with van der Waals surface area (Å²) < 4.78 is 45.6. The van der Waals surface area contributed by atoms with Gasteiger partial charge in [0, 0.05) is 60.4 Å². The molecule has 0 aliphatic heterocycles. The lowest BCUT2D eigenvalue weighted by atomic mass is 9.94. The number of pyridine rings is 1. The number of rotatable bonds is 6. The molecule has 0 atom stereocenters. The Morgan fingerprint density at radius 3 is 1.27 bits per heavy atom. The third kappa shape index (κ3) is 5.57. The Morgan fingerprint density at radius 2 is 0.743 bits per heavy atom. The molecule has 0 aliphatic rings. The van der Waals surface area contributed by atoms with E-state index in [1.807, 2.05) is 28.8 Å². The SMILES string of the molecule is [2H]c1c([2H])c([2H])c2c(c1[2H])c1ccccc1n2-c1cc(-n2c3ccccc3c3ccccc32)cc(-c2c(-c3cccc(-n4c5ccccc5c5ccccc54)c3)cccc2-n2c3ccccc3c3ccccc32)n1. The normalized spacial score (nSPS) is 12.8. The van der Waals surface area contributed by atoms with Crippen molar-refractivity contribution < 1.29 is 5.48 Å². The molecule has 0 bridgehead atoms. The number of para-hydroxylation sites is 8. The van der Waals surface area contributed by atoms with Crippen molar-refractivity contribution in [3.63, 3.8) is 0 Å². The molecule has 0 radical (unpaired) electrons. The second-order valence-electron chi connectivity index (χ2n) is 18.0. The molecule has 15 aromatic rings. The van der Waals surface area contributed by atoms with Crippen LogP contribution in [-0.2, 0) is 0 Å². The van der Waals surface area contributed by atoms with Crippen LogP contribution < -0.4 is 0 Å². The first-order valence-corrected chi connectivity index (χ1v) is 23.6. The molecule has 0 saturated heterocycles. The van der Waals surface area contributed by atoms with E-state index in [1.165, 1.54) is 10.8 Å². The molecule has 0 N–H and O–H groups in total. The van der Waals surface area contributed by atoms with Crippen molar-refractivity contribution in [1.82, 2.24) is 23.3 Å². The van der Waals surface area contributed by atoms with E-state index in [9.17, 15) is 2.74 Å². The summed E-state index contributed by atoms with van der Waals surface area (Å²) in [6.07, 6.45) is 0. The minimum atomic E-state index is -0.299. The Hall–Kier alpha value is -9.45. The molecule has 0 spiro atoms. The third-order valence-corrected chi connectivity index (χ3v) is 14.3. The third-order valence-electron chi connectivity index (χ3n) is 14.3. The van der Waals surface area contributed by atoms with E-state index >= 15 is 0 Å². The first-order chi connectivity index (χ1) is 36.4. The zero-order chi connectivity index (χ0) is 49.3. The lowest BCUT2D eigenvalue weighted by Gasteiger charge is -2.21. The molecule has 0 aliphatic carbocycles. The van der Waals surface area contributed by atoms with Crippen molar-refractivity contribution >= 4 is 87.2 Å². The van der Waals surface area contributed by atoms with Gasteiger partial charge >= 0.3 is 0 Å². The molecule has 5 aromatic heterocycles. The summed E-state index contributed by atoms with van der Waals surface area (Å²) in [5, 5.41) is 8.05.